The molecule has 1 aliphatic rings. The number of rotatable bonds is 6. The van der Waals surface area contributed by atoms with Crippen LogP contribution in [0, 0.1) is 5.92 Å². The number of alkyl halides is 4. The quantitative estimate of drug-likeness (QED) is 0.621. The van der Waals surface area contributed by atoms with E-state index >= 15 is 0 Å². The minimum absolute atomic E-state index is 0.0272. The Kier molecular flexibility index (Phi) is 7.00. The van der Waals surface area contributed by atoms with Crippen LogP contribution < -0.4 is 5.32 Å². The molecule has 1 aromatic carbocycles. The van der Waals surface area contributed by atoms with E-state index in [-0.39, 0.29) is 11.5 Å². The van der Waals surface area contributed by atoms with Crippen molar-refractivity contribution in [2.45, 2.75) is 37.8 Å². The molecule has 3 rings (SSSR count). The van der Waals surface area contributed by atoms with Crippen molar-refractivity contribution < 1.29 is 22.7 Å². The number of carbonyl (C=O) groups excluding carboxylic acids is 1. The van der Waals surface area contributed by atoms with Gasteiger partial charge in [0.15, 0.2) is 5.69 Å². The number of halogens is 4. The van der Waals surface area contributed by atoms with E-state index in [4.69, 9.17) is 4.74 Å². The van der Waals surface area contributed by atoms with Crippen LogP contribution in [-0.2, 0) is 22.8 Å². The van der Waals surface area contributed by atoms with Crippen LogP contribution in [0.2, 0.25) is 0 Å². The van der Waals surface area contributed by atoms with E-state index in [1.54, 1.807) is 19.1 Å². The summed E-state index contributed by atoms with van der Waals surface area (Å²) in [5.41, 5.74) is 0.405. The first-order valence-corrected chi connectivity index (χ1v) is 10.6. The maximum Gasteiger partial charge on any atom is 0.435 e. The van der Waals surface area contributed by atoms with Crippen molar-refractivity contribution in [3.05, 3.63) is 41.2 Å². The van der Waals surface area contributed by atoms with Crippen LogP contribution in [0.1, 0.15) is 41.4 Å². The van der Waals surface area contributed by atoms with Gasteiger partial charge < -0.3 is 10.1 Å². The number of aryl methyl sites for hydroxylation is 1. The number of carbonyl (C=O) groups is 1. The summed E-state index contributed by atoms with van der Waals surface area (Å²) in [6.45, 7) is 3.94. The SMILES string of the molecule is CCn1cc(-c2cc(CBr)cc(C(=O)NCC3CCOCC3)c2)c(C(F)(F)F)n1. The van der Waals surface area contributed by atoms with Gasteiger partial charge in [0.05, 0.1) is 0 Å². The van der Waals surface area contributed by atoms with Gasteiger partial charge in [-0.1, -0.05) is 22.0 Å². The van der Waals surface area contributed by atoms with Gasteiger partial charge in [-0.3, -0.25) is 9.48 Å². The van der Waals surface area contributed by atoms with Crippen molar-refractivity contribution in [3.8, 4) is 11.1 Å². The first-order chi connectivity index (χ1) is 13.8. The van der Waals surface area contributed by atoms with Crippen LogP contribution in [0.15, 0.2) is 24.4 Å². The molecular formula is C20H23BrF3N3O2. The minimum Gasteiger partial charge on any atom is -0.381 e. The summed E-state index contributed by atoms with van der Waals surface area (Å²) in [6.07, 6.45) is -1.43. The van der Waals surface area contributed by atoms with Gasteiger partial charge >= 0.3 is 6.18 Å². The lowest BCUT2D eigenvalue weighted by Gasteiger charge is -2.22. The van der Waals surface area contributed by atoms with Crippen LogP contribution in [0.4, 0.5) is 13.2 Å². The van der Waals surface area contributed by atoms with Crippen molar-refractivity contribution in [1.82, 2.24) is 15.1 Å². The molecule has 0 saturated carbocycles. The summed E-state index contributed by atoms with van der Waals surface area (Å²) in [4.78, 5) is 12.7. The van der Waals surface area contributed by atoms with Crippen LogP contribution in [0.3, 0.4) is 0 Å². The molecule has 0 atom stereocenters. The van der Waals surface area contributed by atoms with Gasteiger partial charge in [0, 0.05) is 49.0 Å². The molecule has 9 heteroatoms. The van der Waals surface area contributed by atoms with Gasteiger partial charge in [0.2, 0.25) is 0 Å². The fourth-order valence-electron chi connectivity index (χ4n) is 3.35. The second kappa shape index (κ2) is 9.30. The molecule has 1 aromatic heterocycles. The highest BCUT2D eigenvalue weighted by atomic mass is 79.9. The lowest BCUT2D eigenvalue weighted by atomic mass is 9.98. The number of benzene rings is 1. The molecule has 2 heterocycles. The molecule has 1 amide bonds. The Morgan fingerprint density at radius 2 is 2.03 bits per heavy atom. The van der Waals surface area contributed by atoms with E-state index in [1.807, 2.05) is 0 Å². The average molecular weight is 474 g/mol. The third kappa shape index (κ3) is 5.39. The lowest BCUT2D eigenvalue weighted by molar-refractivity contribution is -0.141. The molecule has 1 fully saturated rings. The predicted octanol–water partition coefficient (Wildman–Crippen LogP) is 4.64. The van der Waals surface area contributed by atoms with Gasteiger partial charge in [0.1, 0.15) is 0 Å². The highest BCUT2D eigenvalue weighted by Crippen LogP contribution is 2.37. The number of hydrogen-bond donors (Lipinski definition) is 1. The molecular weight excluding hydrogens is 451 g/mol. The normalized spacial score (nSPS) is 15.5. The van der Waals surface area contributed by atoms with E-state index in [9.17, 15) is 18.0 Å². The standard InChI is InChI=1S/C20H23BrF3N3O2/c1-2-27-12-17(18(26-27)20(22,23)24)15-7-14(10-21)8-16(9-15)19(28)25-11-13-3-5-29-6-4-13/h7-9,12-13H,2-6,10-11H2,1H3,(H,25,28). The number of nitrogens with one attached hydrogen (secondary N) is 1. The highest BCUT2D eigenvalue weighted by molar-refractivity contribution is 9.08. The van der Waals surface area contributed by atoms with Crippen molar-refractivity contribution >= 4 is 21.8 Å². The summed E-state index contributed by atoms with van der Waals surface area (Å²) in [5.74, 6) is 0.0585. The van der Waals surface area contributed by atoms with E-state index < -0.39 is 11.9 Å². The fraction of sp³-hybridized carbons (Fsp3) is 0.500. The van der Waals surface area contributed by atoms with E-state index in [0.717, 1.165) is 18.4 Å². The molecule has 0 spiro atoms. The smallest absolute Gasteiger partial charge is 0.381 e. The maximum absolute atomic E-state index is 13.5. The Morgan fingerprint density at radius 1 is 1.31 bits per heavy atom. The predicted molar refractivity (Wildman–Crippen MR) is 107 cm³/mol. The third-order valence-corrected chi connectivity index (χ3v) is 5.61. The maximum atomic E-state index is 13.5. The minimum atomic E-state index is -4.58. The topological polar surface area (TPSA) is 56.2 Å². The molecule has 2 aromatic rings. The molecule has 1 aliphatic heterocycles. The fourth-order valence-corrected chi connectivity index (χ4v) is 3.67. The Bertz CT molecular complexity index is 861. The zero-order valence-corrected chi connectivity index (χ0v) is 17.6. The molecule has 158 valence electrons. The summed E-state index contributed by atoms with van der Waals surface area (Å²) < 4.78 is 47.0. The summed E-state index contributed by atoms with van der Waals surface area (Å²) in [5, 5.41) is 7.00. The van der Waals surface area contributed by atoms with E-state index in [0.29, 0.717) is 48.7 Å². The molecule has 0 bridgehead atoms. The second-order valence-electron chi connectivity index (χ2n) is 7.06. The Morgan fingerprint density at radius 3 is 2.66 bits per heavy atom. The first-order valence-electron chi connectivity index (χ1n) is 9.52. The number of hydrogen-bond acceptors (Lipinski definition) is 3. The second-order valence-corrected chi connectivity index (χ2v) is 7.62. The molecule has 0 radical (unpaired) electrons. The summed E-state index contributed by atoms with van der Waals surface area (Å²) in [7, 11) is 0. The van der Waals surface area contributed by atoms with Crippen molar-refractivity contribution in [1.29, 1.82) is 0 Å². The Hall–Kier alpha value is -1.87. The zero-order valence-electron chi connectivity index (χ0n) is 16.1. The van der Waals surface area contributed by atoms with Gasteiger partial charge in [-0.2, -0.15) is 18.3 Å². The largest absolute Gasteiger partial charge is 0.435 e. The van der Waals surface area contributed by atoms with Crippen LogP contribution >= 0.6 is 15.9 Å². The van der Waals surface area contributed by atoms with E-state index in [2.05, 4.69) is 26.3 Å². The summed E-state index contributed by atoms with van der Waals surface area (Å²) in [6, 6.07) is 4.84. The molecule has 0 unspecified atom stereocenters. The van der Waals surface area contributed by atoms with Crippen LogP contribution in [0.5, 0.6) is 0 Å². The van der Waals surface area contributed by atoms with Gasteiger partial charge in [0.25, 0.3) is 5.91 Å². The van der Waals surface area contributed by atoms with Crippen molar-refractivity contribution in [2.24, 2.45) is 5.92 Å². The molecule has 29 heavy (non-hydrogen) atoms. The van der Waals surface area contributed by atoms with Gasteiger partial charge in [-0.25, -0.2) is 0 Å². The van der Waals surface area contributed by atoms with Crippen LogP contribution in [0.25, 0.3) is 11.1 Å². The van der Waals surface area contributed by atoms with Crippen LogP contribution in [-0.4, -0.2) is 35.4 Å². The lowest BCUT2D eigenvalue weighted by Crippen LogP contribution is -2.32. The summed E-state index contributed by atoms with van der Waals surface area (Å²) >= 11 is 3.34. The van der Waals surface area contributed by atoms with Gasteiger partial charge in [-0.15, -0.1) is 0 Å². The third-order valence-electron chi connectivity index (χ3n) is 4.97. The number of amides is 1. The van der Waals surface area contributed by atoms with Gasteiger partial charge in [-0.05, 0) is 48.9 Å². The first kappa shape index (κ1) is 21.8. The number of ether oxygens (including phenoxy) is 1. The van der Waals surface area contributed by atoms with Crippen molar-refractivity contribution in [3.63, 3.8) is 0 Å². The molecule has 1 saturated heterocycles. The highest BCUT2D eigenvalue weighted by Gasteiger charge is 2.37. The molecule has 5 nitrogen and oxygen atoms in total. The molecule has 0 aliphatic carbocycles. The Labute approximate surface area is 175 Å². The number of nitrogens with zero attached hydrogens (tertiary/aromatic N) is 2. The number of aromatic nitrogens is 2. The monoisotopic (exact) mass is 473 g/mol. The molecule has 1 N–H and O–H groups in total. The zero-order chi connectivity index (χ0) is 21.0. The Balaban J connectivity index is 1.89. The average Bonchev–Trinajstić information content (AvgIpc) is 3.17. The van der Waals surface area contributed by atoms with Crippen molar-refractivity contribution in [2.75, 3.05) is 19.8 Å². The van der Waals surface area contributed by atoms with E-state index in [1.165, 1.54) is 16.9 Å².